The van der Waals surface area contributed by atoms with Crippen LogP contribution >= 0.6 is 0 Å². The lowest BCUT2D eigenvalue weighted by molar-refractivity contribution is 0.550. The quantitative estimate of drug-likeness (QED) is 0.121. The number of rotatable bonds is 10. The van der Waals surface area contributed by atoms with Crippen LogP contribution in [0, 0.1) is 0 Å². The van der Waals surface area contributed by atoms with Crippen LogP contribution in [0.15, 0.2) is 279 Å². The summed E-state index contributed by atoms with van der Waals surface area (Å²) < 4.78 is 4.74. The molecule has 0 radical (unpaired) electrons. The molecule has 392 valence electrons. The van der Waals surface area contributed by atoms with Gasteiger partial charge in [0.15, 0.2) is 0 Å². The Hall–Kier alpha value is -10.3. The first-order valence-electron chi connectivity index (χ1n) is 29.3. The number of hydrogen-bond donors (Lipinski definition) is 0. The second-order valence-electron chi connectivity index (χ2n) is 22.8. The molecule has 16 rings (SSSR count). The van der Waals surface area contributed by atoms with Crippen molar-refractivity contribution in [3.8, 4) is 67.0 Å². The minimum Gasteiger partial charge on any atom is -0.309 e. The van der Waals surface area contributed by atoms with E-state index in [-0.39, 0.29) is 5.41 Å². The van der Waals surface area contributed by atoms with Gasteiger partial charge >= 0.3 is 0 Å². The molecular formula is C81H58N2. The molecule has 2 aliphatic carbocycles. The third-order valence-corrected chi connectivity index (χ3v) is 18.1. The third-order valence-electron chi connectivity index (χ3n) is 18.1. The molecule has 0 bridgehead atoms. The highest BCUT2D eigenvalue weighted by Gasteiger charge is 2.45. The first-order valence-corrected chi connectivity index (χ1v) is 29.3. The Bertz CT molecular complexity index is 4530. The molecule has 2 aromatic heterocycles. The zero-order valence-corrected chi connectivity index (χ0v) is 46.1. The van der Waals surface area contributed by atoms with Crippen LogP contribution in [0.5, 0.6) is 0 Å². The molecule has 0 unspecified atom stereocenters. The predicted octanol–water partition coefficient (Wildman–Crippen LogP) is 21.7. The molecule has 1 saturated carbocycles. The van der Waals surface area contributed by atoms with Gasteiger partial charge in [-0.25, -0.2) is 0 Å². The topological polar surface area (TPSA) is 9.86 Å². The van der Waals surface area contributed by atoms with E-state index >= 15 is 0 Å². The monoisotopic (exact) mass is 1060 g/mol. The predicted molar refractivity (Wildman–Crippen MR) is 352 cm³/mol. The van der Waals surface area contributed by atoms with Gasteiger partial charge in [0.25, 0.3) is 0 Å². The van der Waals surface area contributed by atoms with Gasteiger partial charge < -0.3 is 9.13 Å². The van der Waals surface area contributed by atoms with Crippen LogP contribution in [0.3, 0.4) is 0 Å². The van der Waals surface area contributed by atoms with Gasteiger partial charge in [0.05, 0.1) is 22.1 Å². The van der Waals surface area contributed by atoms with Crippen LogP contribution < -0.4 is 0 Å². The smallest absolute Gasteiger partial charge is 0.0541 e. The second kappa shape index (κ2) is 20.1. The van der Waals surface area contributed by atoms with Crippen LogP contribution in [0.2, 0.25) is 0 Å². The summed E-state index contributed by atoms with van der Waals surface area (Å²) in [6.07, 6.45) is 13.8. The molecule has 2 aliphatic rings. The Morgan fingerprint density at radius 2 is 0.554 bits per heavy atom. The van der Waals surface area contributed by atoms with Crippen molar-refractivity contribution in [2.75, 3.05) is 0 Å². The van der Waals surface area contributed by atoms with Gasteiger partial charge in [-0.05, 0) is 175 Å². The van der Waals surface area contributed by atoms with E-state index in [0.717, 1.165) is 0 Å². The van der Waals surface area contributed by atoms with Crippen LogP contribution in [0.4, 0.5) is 0 Å². The molecule has 0 N–H and O–H groups in total. The number of aromatic nitrogens is 2. The average Bonchev–Trinajstić information content (AvgIpc) is 2.30. The number of hydrogen-bond acceptors (Lipinski definition) is 0. The van der Waals surface area contributed by atoms with Gasteiger partial charge in [-0.3, -0.25) is 0 Å². The Morgan fingerprint density at radius 3 is 0.928 bits per heavy atom. The SMILES string of the molecule is C(=C\c1ccc(-c2ccc3c(c2)c2ccccc2n3-c2ccccc2)cc1)/c1ccc(-c2ccc3c(c2)C2(CCCC2)c2cc(-c4ccc(/C=C/c5ccc(-c6ccc7c(c6)c6ccccc6n7-c6ccccc6)cc5)cc4)ccc2-3)cc1. The molecule has 0 amide bonds. The largest absolute Gasteiger partial charge is 0.309 e. The van der Waals surface area contributed by atoms with Gasteiger partial charge in [-0.1, -0.05) is 243 Å². The van der Waals surface area contributed by atoms with Crippen LogP contribution in [0.25, 0.3) is 135 Å². The van der Waals surface area contributed by atoms with Gasteiger partial charge in [-0.2, -0.15) is 0 Å². The van der Waals surface area contributed by atoms with Crippen LogP contribution in [-0.2, 0) is 5.41 Å². The normalized spacial score (nSPS) is 13.6. The zero-order valence-electron chi connectivity index (χ0n) is 46.1. The van der Waals surface area contributed by atoms with E-state index in [4.69, 9.17) is 0 Å². The van der Waals surface area contributed by atoms with Crippen LogP contribution in [0.1, 0.15) is 59.1 Å². The minimum absolute atomic E-state index is 0.0538. The highest BCUT2D eigenvalue weighted by Crippen LogP contribution is 2.58. The van der Waals surface area contributed by atoms with Crippen molar-refractivity contribution in [2.45, 2.75) is 31.1 Å². The van der Waals surface area contributed by atoms with E-state index in [2.05, 4.69) is 312 Å². The second-order valence-corrected chi connectivity index (χ2v) is 22.8. The first kappa shape index (κ1) is 48.6. The maximum absolute atomic E-state index is 2.52. The molecule has 0 saturated heterocycles. The number of fused-ring (bicyclic) bond motifs is 11. The van der Waals surface area contributed by atoms with Gasteiger partial charge in [0.2, 0.25) is 0 Å². The van der Waals surface area contributed by atoms with Crippen molar-refractivity contribution < 1.29 is 0 Å². The van der Waals surface area contributed by atoms with Crippen molar-refractivity contribution in [2.24, 2.45) is 0 Å². The molecule has 2 nitrogen and oxygen atoms in total. The standard InChI is InChI=1S/C81H58N2/c1-3-13-67(14-4-1)82-77-19-9-7-17-71(77)73-51-63(43-47-79(73)82)59-33-25-55(26-34-59)21-23-57-29-37-61(38-30-57)65-41-45-69-70-46-42-66(54-76(70)81(75(69)53-65)49-11-12-50-81)62-39-31-58(32-40-62)24-22-56-27-35-60(36-28-56)64-44-48-80-74(52-64)72-18-8-10-20-78(72)83(80)68-15-5-2-6-16-68/h1-10,13-48,51-54H,11-12,49-50H2/b23-21+,24-22+. The van der Waals surface area contributed by atoms with E-state index in [0.29, 0.717) is 0 Å². The lowest BCUT2D eigenvalue weighted by Crippen LogP contribution is -2.20. The summed E-state index contributed by atoms with van der Waals surface area (Å²) in [7, 11) is 0. The molecule has 2 heteroatoms. The molecule has 1 spiro atoms. The fourth-order valence-electron chi connectivity index (χ4n) is 13.9. The molecule has 0 atom stereocenters. The number of benzene rings is 12. The molecule has 1 fully saturated rings. The van der Waals surface area contributed by atoms with E-state index < -0.39 is 0 Å². The highest BCUT2D eigenvalue weighted by atomic mass is 15.0. The van der Waals surface area contributed by atoms with Gasteiger partial charge in [-0.15, -0.1) is 0 Å². The van der Waals surface area contributed by atoms with E-state index in [1.807, 2.05) is 0 Å². The Labute approximate surface area is 484 Å². The molecular weight excluding hydrogens is 1000 g/mol. The molecule has 83 heavy (non-hydrogen) atoms. The lowest BCUT2D eigenvalue weighted by Gasteiger charge is -2.27. The maximum atomic E-state index is 2.52. The molecule has 2 heterocycles. The number of nitrogens with zero attached hydrogens (tertiary/aromatic N) is 2. The zero-order chi connectivity index (χ0) is 54.8. The summed E-state index contributed by atoms with van der Waals surface area (Å²) >= 11 is 0. The summed E-state index contributed by atoms with van der Waals surface area (Å²) in [5.41, 5.74) is 27.8. The summed E-state index contributed by atoms with van der Waals surface area (Å²) in [5.74, 6) is 0. The third kappa shape index (κ3) is 8.48. The Kier molecular flexibility index (Phi) is 11.7. The van der Waals surface area contributed by atoms with Crippen molar-refractivity contribution in [3.05, 3.63) is 312 Å². The highest BCUT2D eigenvalue weighted by molar-refractivity contribution is 6.11. The van der Waals surface area contributed by atoms with E-state index in [1.54, 1.807) is 0 Å². The fraction of sp³-hybridized carbons (Fsp3) is 0.0617. The summed E-state index contributed by atoms with van der Waals surface area (Å²) in [4.78, 5) is 0. The Balaban J connectivity index is 0.595. The van der Waals surface area contributed by atoms with Gasteiger partial charge in [0.1, 0.15) is 0 Å². The number of para-hydroxylation sites is 4. The van der Waals surface area contributed by atoms with E-state index in [9.17, 15) is 0 Å². The van der Waals surface area contributed by atoms with Crippen molar-refractivity contribution in [3.63, 3.8) is 0 Å². The van der Waals surface area contributed by atoms with Crippen molar-refractivity contribution >= 4 is 67.9 Å². The fourth-order valence-corrected chi connectivity index (χ4v) is 13.9. The Morgan fingerprint density at radius 1 is 0.253 bits per heavy atom. The summed E-state index contributed by atoms with van der Waals surface area (Å²) in [5, 5.41) is 5.07. The maximum Gasteiger partial charge on any atom is 0.0541 e. The van der Waals surface area contributed by atoms with Crippen molar-refractivity contribution in [1.29, 1.82) is 0 Å². The average molecular weight is 1060 g/mol. The first-order chi connectivity index (χ1) is 41.1. The van der Waals surface area contributed by atoms with E-state index in [1.165, 1.54) is 170 Å². The molecule has 0 aliphatic heterocycles. The van der Waals surface area contributed by atoms with Gasteiger partial charge in [0, 0.05) is 38.3 Å². The lowest BCUT2D eigenvalue weighted by atomic mass is 9.75. The summed E-state index contributed by atoms with van der Waals surface area (Å²) in [6, 6.07) is 103. The minimum atomic E-state index is 0.0538. The molecule has 12 aromatic carbocycles. The van der Waals surface area contributed by atoms with Crippen LogP contribution in [-0.4, -0.2) is 9.13 Å². The summed E-state index contributed by atoms with van der Waals surface area (Å²) in [6.45, 7) is 0. The molecule has 14 aromatic rings. The van der Waals surface area contributed by atoms with Crippen molar-refractivity contribution in [1.82, 2.24) is 9.13 Å².